The van der Waals surface area contributed by atoms with Gasteiger partial charge in [-0.05, 0) is 26.0 Å². The van der Waals surface area contributed by atoms with Crippen LogP contribution in [0.15, 0.2) is 21.0 Å². The van der Waals surface area contributed by atoms with Crippen LogP contribution in [0.25, 0.3) is 21.9 Å². The highest BCUT2D eigenvalue weighted by Crippen LogP contribution is 2.39. The molecule has 0 fully saturated rings. The molecule has 2 heterocycles. The van der Waals surface area contributed by atoms with Crippen LogP contribution in [0.1, 0.15) is 17.1 Å². The van der Waals surface area contributed by atoms with Crippen LogP contribution in [0, 0.1) is 13.8 Å². The Hall–Kier alpha value is -1.45. The zero-order valence-corrected chi connectivity index (χ0v) is 10.3. The fourth-order valence-electron chi connectivity index (χ4n) is 2.20. The van der Waals surface area contributed by atoms with Gasteiger partial charge in [-0.15, -0.1) is 0 Å². The van der Waals surface area contributed by atoms with Crippen molar-refractivity contribution >= 4 is 33.5 Å². The molecule has 0 aliphatic carbocycles. The molecule has 0 spiro atoms. The molecule has 2 aromatic heterocycles. The van der Waals surface area contributed by atoms with E-state index < -0.39 is 0 Å². The lowest BCUT2D eigenvalue weighted by atomic mass is 10.1. The molecule has 3 aromatic rings. The van der Waals surface area contributed by atoms with Crippen molar-refractivity contribution < 1.29 is 13.9 Å². The molecule has 1 aromatic carbocycles. The molecular formula is C13H11ClO3. The third kappa shape index (κ3) is 1.39. The fourth-order valence-corrected chi connectivity index (χ4v) is 2.49. The topological polar surface area (TPSA) is 46.5 Å². The summed E-state index contributed by atoms with van der Waals surface area (Å²) in [5, 5.41) is 11.6. The highest BCUT2D eigenvalue weighted by Gasteiger charge is 2.18. The average molecular weight is 251 g/mol. The molecule has 17 heavy (non-hydrogen) atoms. The molecule has 0 radical (unpaired) electrons. The van der Waals surface area contributed by atoms with Gasteiger partial charge < -0.3 is 13.9 Å². The molecule has 0 atom stereocenters. The van der Waals surface area contributed by atoms with Crippen LogP contribution in [0.2, 0.25) is 5.02 Å². The lowest BCUT2D eigenvalue weighted by molar-refractivity contribution is 0.283. The first kappa shape index (κ1) is 10.7. The number of hydrogen-bond donors (Lipinski definition) is 1. The first-order valence-electron chi connectivity index (χ1n) is 5.33. The maximum atomic E-state index is 9.50. The number of halogens is 1. The summed E-state index contributed by atoms with van der Waals surface area (Å²) in [6.45, 7) is 3.60. The Balaban J connectivity index is 2.60. The fraction of sp³-hybridized carbons (Fsp3) is 0.231. The molecule has 3 rings (SSSR count). The second-order valence-corrected chi connectivity index (χ2v) is 4.53. The molecule has 1 N–H and O–H groups in total. The molecule has 0 saturated heterocycles. The molecule has 0 aliphatic rings. The SMILES string of the molecule is Cc1cc2c(CO)c3oc(C)cc3c(Cl)c2o1. The summed E-state index contributed by atoms with van der Waals surface area (Å²) in [7, 11) is 0. The first-order valence-corrected chi connectivity index (χ1v) is 5.71. The van der Waals surface area contributed by atoms with Crippen LogP contribution in [0.5, 0.6) is 0 Å². The summed E-state index contributed by atoms with van der Waals surface area (Å²) in [4.78, 5) is 0. The molecular weight excluding hydrogens is 240 g/mol. The van der Waals surface area contributed by atoms with Gasteiger partial charge in [0.2, 0.25) is 0 Å². The van der Waals surface area contributed by atoms with Crippen LogP contribution in [0.3, 0.4) is 0 Å². The highest BCUT2D eigenvalue weighted by atomic mass is 35.5. The van der Waals surface area contributed by atoms with Crippen molar-refractivity contribution in [1.82, 2.24) is 0 Å². The van der Waals surface area contributed by atoms with E-state index in [1.165, 1.54) is 0 Å². The Morgan fingerprint density at radius 1 is 1.06 bits per heavy atom. The number of aliphatic hydroxyl groups excluding tert-OH is 1. The molecule has 0 bridgehead atoms. The second kappa shape index (κ2) is 3.52. The van der Waals surface area contributed by atoms with Gasteiger partial charge in [-0.1, -0.05) is 11.6 Å². The average Bonchev–Trinajstić information content (AvgIpc) is 2.83. The van der Waals surface area contributed by atoms with Crippen molar-refractivity contribution in [1.29, 1.82) is 0 Å². The first-order chi connectivity index (χ1) is 8.11. The third-order valence-corrected chi connectivity index (χ3v) is 3.28. The van der Waals surface area contributed by atoms with Crippen molar-refractivity contribution in [2.75, 3.05) is 0 Å². The van der Waals surface area contributed by atoms with E-state index in [2.05, 4.69) is 0 Å². The van der Waals surface area contributed by atoms with Crippen LogP contribution >= 0.6 is 11.6 Å². The minimum absolute atomic E-state index is 0.101. The Morgan fingerprint density at radius 3 is 2.29 bits per heavy atom. The van der Waals surface area contributed by atoms with E-state index in [0.717, 1.165) is 27.9 Å². The molecule has 0 saturated carbocycles. The Bertz CT molecular complexity index is 663. The number of aryl methyl sites for hydroxylation is 2. The van der Waals surface area contributed by atoms with Crippen molar-refractivity contribution in [2.45, 2.75) is 20.5 Å². The van der Waals surface area contributed by atoms with Gasteiger partial charge in [0.1, 0.15) is 17.1 Å². The second-order valence-electron chi connectivity index (χ2n) is 4.15. The number of furan rings is 2. The monoisotopic (exact) mass is 250 g/mol. The third-order valence-electron chi connectivity index (χ3n) is 2.90. The summed E-state index contributed by atoms with van der Waals surface area (Å²) in [6.07, 6.45) is 0. The largest absolute Gasteiger partial charge is 0.461 e. The lowest BCUT2D eigenvalue weighted by Gasteiger charge is -2.02. The van der Waals surface area contributed by atoms with E-state index in [4.69, 9.17) is 20.4 Å². The Morgan fingerprint density at radius 2 is 1.65 bits per heavy atom. The van der Waals surface area contributed by atoms with E-state index in [-0.39, 0.29) is 6.61 Å². The number of rotatable bonds is 1. The zero-order valence-electron chi connectivity index (χ0n) is 9.50. The van der Waals surface area contributed by atoms with Crippen molar-refractivity contribution in [2.24, 2.45) is 0 Å². The van der Waals surface area contributed by atoms with Crippen LogP contribution in [0.4, 0.5) is 0 Å². The summed E-state index contributed by atoms with van der Waals surface area (Å²) >= 11 is 6.29. The minimum Gasteiger partial charge on any atom is -0.461 e. The summed E-state index contributed by atoms with van der Waals surface area (Å²) < 4.78 is 11.2. The van der Waals surface area contributed by atoms with E-state index in [0.29, 0.717) is 16.2 Å². The van der Waals surface area contributed by atoms with Crippen LogP contribution in [-0.4, -0.2) is 5.11 Å². The van der Waals surface area contributed by atoms with Gasteiger partial charge >= 0.3 is 0 Å². The van der Waals surface area contributed by atoms with E-state index in [1.54, 1.807) is 0 Å². The Kier molecular flexibility index (Phi) is 2.21. The van der Waals surface area contributed by atoms with E-state index in [1.807, 2.05) is 26.0 Å². The van der Waals surface area contributed by atoms with Gasteiger partial charge in [-0.2, -0.15) is 0 Å². The van der Waals surface area contributed by atoms with Gasteiger partial charge in [-0.25, -0.2) is 0 Å². The highest BCUT2D eigenvalue weighted by molar-refractivity contribution is 6.40. The van der Waals surface area contributed by atoms with Crippen LogP contribution in [-0.2, 0) is 6.61 Å². The smallest absolute Gasteiger partial charge is 0.154 e. The maximum absolute atomic E-state index is 9.50. The predicted molar refractivity (Wildman–Crippen MR) is 66.4 cm³/mol. The van der Waals surface area contributed by atoms with Crippen LogP contribution < -0.4 is 0 Å². The van der Waals surface area contributed by atoms with Gasteiger partial charge in [0.05, 0.1) is 11.6 Å². The Labute approximate surface area is 103 Å². The molecule has 0 unspecified atom stereocenters. The standard InChI is InChI=1S/C13H11ClO3/c1-6-3-8-10(5-15)12-9(4-7(2)16-12)11(14)13(8)17-6/h3-4,15H,5H2,1-2H3. The summed E-state index contributed by atoms with van der Waals surface area (Å²) in [5.74, 6) is 1.53. The number of hydrogen-bond acceptors (Lipinski definition) is 3. The normalized spacial score (nSPS) is 11.8. The molecule has 0 amide bonds. The van der Waals surface area contributed by atoms with E-state index in [9.17, 15) is 5.11 Å². The zero-order chi connectivity index (χ0) is 12.2. The maximum Gasteiger partial charge on any atom is 0.154 e. The quantitative estimate of drug-likeness (QED) is 0.712. The number of fused-ring (bicyclic) bond motifs is 2. The predicted octanol–water partition coefficient (Wildman–Crippen LogP) is 3.94. The molecule has 3 nitrogen and oxygen atoms in total. The molecule has 4 heteroatoms. The minimum atomic E-state index is -0.101. The van der Waals surface area contributed by atoms with Crippen molar-refractivity contribution in [3.05, 3.63) is 34.2 Å². The van der Waals surface area contributed by atoms with E-state index >= 15 is 0 Å². The number of benzene rings is 1. The number of aliphatic hydroxyl groups is 1. The van der Waals surface area contributed by atoms with Crippen molar-refractivity contribution in [3.63, 3.8) is 0 Å². The van der Waals surface area contributed by atoms with Gasteiger partial charge in [0, 0.05) is 16.3 Å². The molecule has 0 aliphatic heterocycles. The summed E-state index contributed by atoms with van der Waals surface area (Å²) in [5.41, 5.74) is 1.98. The van der Waals surface area contributed by atoms with Gasteiger partial charge in [-0.3, -0.25) is 0 Å². The molecule has 88 valence electrons. The summed E-state index contributed by atoms with van der Waals surface area (Å²) in [6, 6.07) is 3.72. The van der Waals surface area contributed by atoms with Gasteiger partial charge in [0.15, 0.2) is 5.58 Å². The van der Waals surface area contributed by atoms with Gasteiger partial charge in [0.25, 0.3) is 0 Å². The van der Waals surface area contributed by atoms with Crippen molar-refractivity contribution in [3.8, 4) is 0 Å². The lowest BCUT2D eigenvalue weighted by Crippen LogP contribution is -1.86.